The van der Waals surface area contributed by atoms with Crippen LogP contribution in [0.1, 0.15) is 25.0 Å². The molecule has 0 bridgehead atoms. The molecule has 8 heteroatoms. The fourth-order valence-electron chi connectivity index (χ4n) is 2.99. The molecule has 0 saturated carbocycles. The molecule has 0 radical (unpaired) electrons. The molecule has 0 heterocycles. The van der Waals surface area contributed by atoms with E-state index in [4.69, 9.17) is 20.9 Å². The molecule has 8 nitrogen and oxygen atoms in total. The third-order valence-electron chi connectivity index (χ3n) is 5.25. The van der Waals surface area contributed by atoms with Gasteiger partial charge < -0.3 is 41.8 Å². The van der Waals surface area contributed by atoms with Crippen LogP contribution in [0.5, 0.6) is 11.5 Å². The summed E-state index contributed by atoms with van der Waals surface area (Å²) >= 11 is 0. The summed E-state index contributed by atoms with van der Waals surface area (Å²) in [6.45, 7) is 6.34. The second kappa shape index (κ2) is 14.8. The van der Waals surface area contributed by atoms with Gasteiger partial charge >= 0.3 is 0 Å². The van der Waals surface area contributed by atoms with Crippen molar-refractivity contribution >= 4 is 0 Å². The fraction of sp³-hybridized carbons (Fsp3) is 0.520. The molecule has 0 spiro atoms. The number of benzene rings is 2. The number of ether oxygens (including phenoxy) is 2. The van der Waals surface area contributed by atoms with E-state index in [0.717, 1.165) is 29.0 Å². The molecule has 2 aromatic carbocycles. The summed E-state index contributed by atoms with van der Waals surface area (Å²) in [5, 5.41) is 26.3. The van der Waals surface area contributed by atoms with Gasteiger partial charge in [-0.2, -0.15) is 0 Å². The van der Waals surface area contributed by atoms with E-state index >= 15 is 0 Å². The molecule has 184 valence electrons. The second-order valence-corrected chi connectivity index (χ2v) is 8.48. The summed E-state index contributed by atoms with van der Waals surface area (Å²) in [6.07, 6.45) is -0.397. The first-order chi connectivity index (χ1) is 15.9. The Hall–Kier alpha value is -2.20. The second-order valence-electron chi connectivity index (χ2n) is 8.48. The quantitative estimate of drug-likeness (QED) is 0.215. The molecule has 0 fully saturated rings. The maximum Gasteiger partial charge on any atom is 0.119 e. The van der Waals surface area contributed by atoms with Gasteiger partial charge in [-0.15, -0.1) is 0 Å². The molecule has 33 heavy (non-hydrogen) atoms. The van der Waals surface area contributed by atoms with E-state index in [9.17, 15) is 10.2 Å². The van der Waals surface area contributed by atoms with E-state index in [1.807, 2.05) is 62.4 Å². The highest BCUT2D eigenvalue weighted by Crippen LogP contribution is 2.18. The van der Waals surface area contributed by atoms with Crippen LogP contribution >= 0.6 is 0 Å². The zero-order valence-corrected chi connectivity index (χ0v) is 19.7. The van der Waals surface area contributed by atoms with Crippen molar-refractivity contribution in [3.63, 3.8) is 0 Å². The van der Waals surface area contributed by atoms with E-state index in [1.165, 1.54) is 0 Å². The molecule has 0 aliphatic carbocycles. The number of hydrogen-bond donors (Lipinski definition) is 6. The molecule has 4 atom stereocenters. The van der Waals surface area contributed by atoms with Crippen LogP contribution in [0, 0.1) is 0 Å². The van der Waals surface area contributed by atoms with Crippen molar-refractivity contribution in [3.8, 4) is 11.5 Å². The molecule has 2 aromatic rings. The van der Waals surface area contributed by atoms with E-state index < -0.39 is 12.2 Å². The van der Waals surface area contributed by atoms with Crippen LogP contribution in [0.4, 0.5) is 0 Å². The van der Waals surface area contributed by atoms with Gasteiger partial charge in [-0.05, 0) is 55.7 Å². The van der Waals surface area contributed by atoms with Crippen LogP contribution < -0.4 is 31.6 Å². The predicted molar refractivity (Wildman–Crippen MR) is 132 cm³/mol. The summed E-state index contributed by atoms with van der Waals surface area (Å²) in [7, 11) is 0. The summed E-state index contributed by atoms with van der Waals surface area (Å²) in [5.74, 6) is 1.45. The maximum absolute atomic E-state index is 9.99. The van der Waals surface area contributed by atoms with Gasteiger partial charge in [0, 0.05) is 38.3 Å². The first kappa shape index (κ1) is 27.0. The van der Waals surface area contributed by atoms with Gasteiger partial charge in [0.05, 0.1) is 0 Å². The van der Waals surface area contributed by atoms with Crippen molar-refractivity contribution in [1.29, 1.82) is 0 Å². The van der Waals surface area contributed by atoms with Gasteiger partial charge in [-0.1, -0.05) is 24.3 Å². The Morgan fingerprint density at radius 2 is 1.06 bits per heavy atom. The predicted octanol–water partition coefficient (Wildman–Crippen LogP) is 0.630. The molecule has 0 aliphatic rings. The highest BCUT2D eigenvalue weighted by molar-refractivity contribution is 5.34. The lowest BCUT2D eigenvalue weighted by molar-refractivity contribution is 0.104. The number of rotatable bonds is 16. The molecule has 0 aliphatic heterocycles. The molecule has 0 aromatic heterocycles. The van der Waals surface area contributed by atoms with Crippen LogP contribution in [-0.2, 0) is 6.42 Å². The summed E-state index contributed by atoms with van der Waals surface area (Å²) < 4.78 is 11.3. The first-order valence-corrected chi connectivity index (χ1v) is 11.6. The minimum atomic E-state index is -0.591. The average molecular weight is 461 g/mol. The van der Waals surface area contributed by atoms with Gasteiger partial charge in [-0.25, -0.2) is 0 Å². The Morgan fingerprint density at radius 3 is 1.39 bits per heavy atom. The molecule has 4 unspecified atom stereocenters. The third-order valence-corrected chi connectivity index (χ3v) is 5.25. The minimum absolute atomic E-state index is 0.166. The van der Waals surface area contributed by atoms with Crippen LogP contribution in [0.2, 0.25) is 0 Å². The molecule has 2 rings (SSSR count). The zero-order chi connectivity index (χ0) is 24.1. The monoisotopic (exact) mass is 460 g/mol. The Labute approximate surface area is 197 Å². The zero-order valence-electron chi connectivity index (χ0n) is 19.7. The van der Waals surface area contributed by atoms with E-state index in [-0.39, 0.29) is 25.3 Å². The van der Waals surface area contributed by atoms with E-state index in [2.05, 4.69) is 10.6 Å². The van der Waals surface area contributed by atoms with E-state index in [1.54, 1.807) is 0 Å². The number of aliphatic hydroxyl groups excluding tert-OH is 2. The van der Waals surface area contributed by atoms with Crippen molar-refractivity contribution in [2.45, 2.75) is 44.6 Å². The summed E-state index contributed by atoms with van der Waals surface area (Å²) in [6, 6.07) is 16.1. The number of aliphatic hydroxyl groups is 2. The first-order valence-electron chi connectivity index (χ1n) is 11.6. The van der Waals surface area contributed by atoms with Crippen LogP contribution in [-0.4, -0.2) is 73.9 Å². The van der Waals surface area contributed by atoms with Crippen molar-refractivity contribution in [3.05, 3.63) is 59.7 Å². The highest BCUT2D eigenvalue weighted by Gasteiger charge is 2.09. The van der Waals surface area contributed by atoms with Gasteiger partial charge in [0.1, 0.15) is 36.9 Å². The fourth-order valence-corrected chi connectivity index (χ4v) is 2.99. The lowest BCUT2D eigenvalue weighted by atomic mass is 10.0. The van der Waals surface area contributed by atoms with Gasteiger partial charge in [0.25, 0.3) is 0 Å². The maximum atomic E-state index is 9.99. The lowest BCUT2D eigenvalue weighted by Crippen LogP contribution is -2.40. The molecule has 0 saturated heterocycles. The molecular formula is C25H40N4O4. The Morgan fingerprint density at radius 1 is 0.697 bits per heavy atom. The Bertz CT molecular complexity index is 707. The largest absolute Gasteiger partial charge is 0.491 e. The highest BCUT2D eigenvalue weighted by atomic mass is 16.5. The number of hydrogen-bond acceptors (Lipinski definition) is 8. The van der Waals surface area contributed by atoms with Crippen LogP contribution in [0.3, 0.4) is 0 Å². The third kappa shape index (κ3) is 11.0. The minimum Gasteiger partial charge on any atom is -0.491 e. The SMILES string of the molecule is CC(CN)NCC(O)COc1ccc(Cc2ccc(OCC(O)CNC(C)CN)cc2)cc1. The van der Waals surface area contributed by atoms with Gasteiger partial charge in [0.15, 0.2) is 0 Å². The van der Waals surface area contributed by atoms with Crippen molar-refractivity contribution < 1.29 is 19.7 Å². The van der Waals surface area contributed by atoms with Crippen LogP contribution in [0.25, 0.3) is 0 Å². The topological polar surface area (TPSA) is 135 Å². The number of nitrogens with one attached hydrogen (secondary N) is 2. The molecule has 0 amide bonds. The Balaban J connectivity index is 1.72. The van der Waals surface area contributed by atoms with Crippen molar-refractivity contribution in [2.24, 2.45) is 11.5 Å². The lowest BCUT2D eigenvalue weighted by Gasteiger charge is -2.16. The Kier molecular flexibility index (Phi) is 12.2. The van der Waals surface area contributed by atoms with E-state index in [0.29, 0.717) is 26.2 Å². The standard InChI is InChI=1S/C25H40N4O4/c1-18(12-26)28-14-22(30)16-32-24-7-3-20(4-8-24)11-21-5-9-25(10-6-21)33-17-23(31)15-29-19(2)13-27/h3-10,18-19,22-23,28-31H,11-17,26-27H2,1-2H3. The smallest absolute Gasteiger partial charge is 0.119 e. The molecule has 8 N–H and O–H groups in total. The number of nitrogens with two attached hydrogens (primary N) is 2. The van der Waals surface area contributed by atoms with Crippen molar-refractivity contribution in [1.82, 2.24) is 10.6 Å². The van der Waals surface area contributed by atoms with Crippen LogP contribution in [0.15, 0.2) is 48.5 Å². The summed E-state index contributed by atoms with van der Waals surface area (Å²) in [5.41, 5.74) is 13.4. The average Bonchev–Trinajstić information content (AvgIpc) is 2.84. The summed E-state index contributed by atoms with van der Waals surface area (Å²) in [4.78, 5) is 0. The normalized spacial score (nSPS) is 15.0. The van der Waals surface area contributed by atoms with Gasteiger partial charge in [0.2, 0.25) is 0 Å². The van der Waals surface area contributed by atoms with Gasteiger partial charge in [-0.3, -0.25) is 0 Å². The molecular weight excluding hydrogens is 420 g/mol. The van der Waals surface area contributed by atoms with Crippen molar-refractivity contribution in [2.75, 3.05) is 39.4 Å².